The Balaban J connectivity index is 0.00000162. The van der Waals surface area contributed by atoms with Gasteiger partial charge in [0.15, 0.2) is 0 Å². The van der Waals surface area contributed by atoms with Crippen molar-refractivity contribution >= 4 is 28.9 Å². The van der Waals surface area contributed by atoms with Gasteiger partial charge in [0, 0.05) is 5.69 Å². The minimum atomic E-state index is -0.930. The summed E-state index contributed by atoms with van der Waals surface area (Å²) >= 11 is 11.7. The monoisotopic (exact) mass is 293 g/mol. The first kappa shape index (κ1) is 15.9. The molecule has 2 rings (SSSR count). The van der Waals surface area contributed by atoms with E-state index in [0.29, 0.717) is 0 Å². The minimum absolute atomic E-state index is 0. The quantitative estimate of drug-likeness (QED) is 0.700. The summed E-state index contributed by atoms with van der Waals surface area (Å²) in [5.41, 5.74) is 0.785. The Morgan fingerprint density at radius 3 is 2.06 bits per heavy atom. The molecule has 0 bridgehead atoms. The molecule has 6 heteroatoms. The van der Waals surface area contributed by atoms with E-state index in [4.69, 9.17) is 23.2 Å². The molecule has 3 nitrogen and oxygen atoms in total. The summed E-state index contributed by atoms with van der Waals surface area (Å²) in [6, 6.07) is 6.09. The molecular formula is C12H10Cl2NNaO2. The van der Waals surface area contributed by atoms with Gasteiger partial charge >= 0.3 is 29.6 Å². The molecule has 1 aromatic rings. The minimum Gasteiger partial charge on any atom is -0.872 e. The van der Waals surface area contributed by atoms with Gasteiger partial charge in [-0.15, -0.1) is 5.75 Å². The second-order valence-electron chi connectivity index (χ2n) is 3.70. The van der Waals surface area contributed by atoms with Crippen molar-refractivity contribution in [3.05, 3.63) is 46.5 Å². The first-order valence-corrected chi connectivity index (χ1v) is 5.78. The number of rotatable bonds is 2. The Bertz CT molecular complexity index is 453. The number of aliphatic hydroxyl groups excluding tert-OH is 1. The second-order valence-corrected chi connectivity index (χ2v) is 4.57. The summed E-state index contributed by atoms with van der Waals surface area (Å²) in [7, 11) is 0. The van der Waals surface area contributed by atoms with Crippen LogP contribution in [-0.4, -0.2) is 17.3 Å². The molecule has 0 spiro atoms. The van der Waals surface area contributed by atoms with E-state index in [2.05, 4.69) is 5.32 Å². The maximum absolute atomic E-state index is 10.9. The predicted octanol–water partition coefficient (Wildman–Crippen LogP) is -0.835. The van der Waals surface area contributed by atoms with Crippen LogP contribution in [0.4, 0.5) is 5.69 Å². The van der Waals surface area contributed by atoms with Gasteiger partial charge in [-0.3, -0.25) is 0 Å². The van der Waals surface area contributed by atoms with Gasteiger partial charge in [-0.2, -0.15) is 0 Å². The summed E-state index contributed by atoms with van der Waals surface area (Å²) in [5.74, 6) is -0.0447. The summed E-state index contributed by atoms with van der Waals surface area (Å²) in [4.78, 5) is 0. The topological polar surface area (TPSA) is 55.3 Å². The van der Waals surface area contributed by atoms with Crippen molar-refractivity contribution in [1.29, 1.82) is 0 Å². The van der Waals surface area contributed by atoms with Crippen LogP contribution < -0.4 is 40.0 Å². The van der Waals surface area contributed by atoms with Crippen LogP contribution in [0.3, 0.4) is 0 Å². The van der Waals surface area contributed by atoms with Crippen LogP contribution in [0.25, 0.3) is 0 Å². The fourth-order valence-corrected chi connectivity index (χ4v) is 2.09. The first-order chi connectivity index (χ1) is 8.06. The largest absolute Gasteiger partial charge is 1.00 e. The van der Waals surface area contributed by atoms with Gasteiger partial charge in [0.25, 0.3) is 0 Å². The number of hydrogen-bond acceptors (Lipinski definition) is 3. The molecule has 1 aliphatic rings. The SMILES string of the molecule is [Na+].[O-]c1ccc(NC2C=C(Cl)C(O)C(Cl)=C2)cc1. The molecule has 0 saturated carbocycles. The van der Waals surface area contributed by atoms with Crippen molar-refractivity contribution in [1.82, 2.24) is 0 Å². The molecule has 1 aliphatic carbocycles. The number of aliphatic hydroxyl groups is 1. The Morgan fingerprint density at radius 2 is 1.56 bits per heavy atom. The van der Waals surface area contributed by atoms with E-state index >= 15 is 0 Å². The van der Waals surface area contributed by atoms with Crippen molar-refractivity contribution in [3.63, 3.8) is 0 Å². The zero-order valence-corrected chi connectivity index (χ0v) is 13.2. The van der Waals surface area contributed by atoms with Crippen LogP contribution in [0.1, 0.15) is 0 Å². The van der Waals surface area contributed by atoms with E-state index in [1.165, 1.54) is 12.1 Å². The Hall–Kier alpha value is -0.160. The molecule has 0 amide bonds. The summed E-state index contributed by atoms with van der Waals surface area (Å²) in [6.45, 7) is 0. The predicted molar refractivity (Wildman–Crippen MR) is 67.2 cm³/mol. The number of benzene rings is 1. The van der Waals surface area contributed by atoms with E-state index in [9.17, 15) is 10.2 Å². The molecule has 0 aliphatic heterocycles. The van der Waals surface area contributed by atoms with Crippen LogP contribution in [0.5, 0.6) is 5.75 Å². The van der Waals surface area contributed by atoms with E-state index in [1.54, 1.807) is 24.3 Å². The van der Waals surface area contributed by atoms with Crippen LogP contribution in [0.15, 0.2) is 46.5 Å². The number of anilines is 1. The maximum atomic E-state index is 10.9. The van der Waals surface area contributed by atoms with Crippen LogP contribution in [0, 0.1) is 0 Å². The number of nitrogens with one attached hydrogen (secondary N) is 1. The molecule has 0 fully saturated rings. The third-order valence-corrected chi connectivity index (χ3v) is 3.05. The molecule has 18 heavy (non-hydrogen) atoms. The summed E-state index contributed by atoms with van der Waals surface area (Å²) in [6.07, 6.45) is 2.41. The van der Waals surface area contributed by atoms with Gasteiger partial charge in [0.2, 0.25) is 0 Å². The molecule has 0 unspecified atom stereocenters. The molecular weight excluding hydrogens is 284 g/mol. The van der Waals surface area contributed by atoms with Crippen molar-refractivity contribution in [2.45, 2.75) is 12.1 Å². The van der Waals surface area contributed by atoms with Crippen molar-refractivity contribution in [3.8, 4) is 5.75 Å². The van der Waals surface area contributed by atoms with Gasteiger partial charge in [0.1, 0.15) is 6.10 Å². The second kappa shape index (κ2) is 6.85. The first-order valence-electron chi connectivity index (χ1n) is 5.02. The fraction of sp³-hybridized carbons (Fsp3) is 0.167. The fourth-order valence-electron chi connectivity index (χ4n) is 1.53. The standard InChI is InChI=1S/C12H11Cl2NO2.Na/c13-10-5-8(6-11(14)12(10)17)15-7-1-3-9(16)4-2-7;/h1-6,8,12,15-17H;/q;+1/p-1. The molecule has 0 radical (unpaired) electrons. The van der Waals surface area contributed by atoms with Crippen LogP contribution in [-0.2, 0) is 0 Å². The van der Waals surface area contributed by atoms with Gasteiger partial charge in [-0.25, -0.2) is 0 Å². The molecule has 1 aromatic carbocycles. The Kier molecular flexibility index (Phi) is 6.05. The summed E-state index contributed by atoms with van der Waals surface area (Å²) < 4.78 is 0. The molecule has 90 valence electrons. The molecule has 0 heterocycles. The van der Waals surface area contributed by atoms with Gasteiger partial charge in [0.05, 0.1) is 16.1 Å². The van der Waals surface area contributed by atoms with Crippen LogP contribution in [0.2, 0.25) is 0 Å². The molecule has 2 N–H and O–H groups in total. The van der Waals surface area contributed by atoms with Gasteiger partial charge in [-0.05, 0) is 24.3 Å². The van der Waals surface area contributed by atoms with Crippen LogP contribution >= 0.6 is 23.2 Å². The maximum Gasteiger partial charge on any atom is 1.00 e. The Morgan fingerprint density at radius 1 is 1.06 bits per heavy atom. The van der Waals surface area contributed by atoms with Crippen molar-refractivity contribution in [2.75, 3.05) is 5.32 Å². The number of hydrogen-bond donors (Lipinski definition) is 2. The third-order valence-electron chi connectivity index (χ3n) is 2.39. The molecule has 0 atom stereocenters. The van der Waals surface area contributed by atoms with E-state index in [-0.39, 0.29) is 51.4 Å². The molecule has 0 saturated heterocycles. The average molecular weight is 294 g/mol. The average Bonchev–Trinajstić information content (AvgIpc) is 2.29. The third kappa shape index (κ3) is 3.92. The van der Waals surface area contributed by atoms with Crippen molar-refractivity contribution in [2.24, 2.45) is 0 Å². The smallest absolute Gasteiger partial charge is 0.872 e. The number of halogens is 2. The van der Waals surface area contributed by atoms with E-state index in [1.807, 2.05) is 0 Å². The summed E-state index contributed by atoms with van der Waals surface area (Å²) in [5, 5.41) is 24.1. The van der Waals surface area contributed by atoms with Crippen molar-refractivity contribution < 1.29 is 39.8 Å². The van der Waals surface area contributed by atoms with Gasteiger partial charge in [-0.1, -0.05) is 35.3 Å². The normalized spacial score (nSPS) is 22.6. The molecule has 0 aromatic heterocycles. The zero-order valence-electron chi connectivity index (χ0n) is 9.73. The Labute approximate surface area is 137 Å². The zero-order chi connectivity index (χ0) is 12.4. The van der Waals surface area contributed by atoms with Gasteiger partial charge < -0.3 is 15.5 Å². The van der Waals surface area contributed by atoms with E-state index < -0.39 is 6.10 Å². The van der Waals surface area contributed by atoms with E-state index in [0.717, 1.165) is 5.69 Å².